The van der Waals surface area contributed by atoms with E-state index < -0.39 is 41.6 Å². The minimum atomic E-state index is -1.74. The molecule has 254 valence electrons. The SMILES string of the molecule is CO/N=C1\C[C@]2(C[C@H]3C[C@@H](C/C=C(/C)C[C@H](C)/C=C\C=C4\CO[C@@H]5[C@H](O)C(C)=C[C@H](C(=O)O3)[C@]45O)O2)O[C@H](/C(C)=C/C(C)C)[C@@H]1C. The van der Waals surface area contributed by atoms with Crippen LogP contribution in [0.4, 0.5) is 0 Å². The van der Waals surface area contributed by atoms with E-state index in [9.17, 15) is 15.0 Å². The molecule has 4 aliphatic heterocycles. The molecule has 3 saturated heterocycles. The second-order valence-electron chi connectivity index (χ2n) is 14.5. The first-order valence-corrected chi connectivity index (χ1v) is 16.8. The van der Waals surface area contributed by atoms with Crippen molar-refractivity contribution in [3.63, 3.8) is 0 Å². The summed E-state index contributed by atoms with van der Waals surface area (Å²) in [6.07, 6.45) is 11.4. The predicted molar refractivity (Wildman–Crippen MR) is 176 cm³/mol. The first-order chi connectivity index (χ1) is 21.8. The summed E-state index contributed by atoms with van der Waals surface area (Å²) < 4.78 is 26.0. The van der Waals surface area contributed by atoms with E-state index in [1.54, 1.807) is 20.1 Å². The molecular formula is C37H53NO8. The highest BCUT2D eigenvalue weighted by Crippen LogP contribution is 2.47. The van der Waals surface area contributed by atoms with E-state index in [1.165, 1.54) is 5.57 Å². The lowest BCUT2D eigenvalue weighted by atomic mass is 9.71. The third-order valence-corrected chi connectivity index (χ3v) is 10.1. The van der Waals surface area contributed by atoms with Gasteiger partial charge in [0.25, 0.3) is 0 Å². The summed E-state index contributed by atoms with van der Waals surface area (Å²) in [6.45, 7) is 14.6. The van der Waals surface area contributed by atoms with Gasteiger partial charge >= 0.3 is 5.97 Å². The van der Waals surface area contributed by atoms with Crippen molar-refractivity contribution < 1.29 is 38.8 Å². The van der Waals surface area contributed by atoms with Crippen molar-refractivity contribution in [2.75, 3.05) is 13.7 Å². The van der Waals surface area contributed by atoms with Crippen molar-refractivity contribution in [1.29, 1.82) is 0 Å². The van der Waals surface area contributed by atoms with E-state index in [1.807, 2.05) is 12.2 Å². The van der Waals surface area contributed by atoms with E-state index in [2.05, 4.69) is 64.9 Å². The standard InChI is InChI=1S/C37H53NO8/c1-21(2)14-25(6)33-26(7)31(38-42-8)19-36(46-33)18-29-17-28(45-36)13-12-23(4)15-22(3)10-9-11-27-20-43-34-32(39)24(5)16-30(35(40)44-29)37(27,34)41/h9-12,14,16,21-22,26,28-30,32-34,39,41H,13,15,17-20H2,1-8H3/b10-9-,23-12-,25-14+,27-11-,38-31+/t22-,26-,28-,29-,30-,32-,33-,34-,36+,37-/m1/s1. The molecule has 5 aliphatic rings. The summed E-state index contributed by atoms with van der Waals surface area (Å²) in [6, 6.07) is 0. The lowest BCUT2D eigenvalue weighted by Crippen LogP contribution is -2.59. The van der Waals surface area contributed by atoms with Gasteiger partial charge in [0.15, 0.2) is 5.79 Å². The number of fused-ring (bicyclic) bond motifs is 2. The van der Waals surface area contributed by atoms with Gasteiger partial charge in [-0.05, 0) is 62.2 Å². The van der Waals surface area contributed by atoms with Crippen LogP contribution in [0.3, 0.4) is 0 Å². The average Bonchev–Trinajstić information content (AvgIpc) is 3.31. The van der Waals surface area contributed by atoms with Gasteiger partial charge in [-0.1, -0.05) is 74.9 Å². The molecule has 0 aromatic heterocycles. The fourth-order valence-corrected chi connectivity index (χ4v) is 7.94. The Hall–Kier alpha value is -2.56. The van der Waals surface area contributed by atoms with Gasteiger partial charge in [-0.2, -0.15) is 0 Å². The van der Waals surface area contributed by atoms with Crippen molar-refractivity contribution in [2.24, 2.45) is 28.8 Å². The summed E-state index contributed by atoms with van der Waals surface area (Å²) >= 11 is 0. The number of carbonyl (C=O) groups excluding carboxylic acids is 1. The van der Waals surface area contributed by atoms with Gasteiger partial charge in [0.2, 0.25) is 0 Å². The lowest BCUT2D eigenvalue weighted by Gasteiger charge is -2.50. The van der Waals surface area contributed by atoms with Crippen LogP contribution in [0.2, 0.25) is 0 Å². The van der Waals surface area contributed by atoms with Crippen LogP contribution < -0.4 is 0 Å². The molecule has 0 aromatic carbocycles. The van der Waals surface area contributed by atoms with Crippen molar-refractivity contribution in [3.05, 3.63) is 58.7 Å². The number of aliphatic hydroxyl groups excluding tert-OH is 1. The van der Waals surface area contributed by atoms with Gasteiger partial charge in [0, 0.05) is 25.2 Å². The first-order valence-electron chi connectivity index (χ1n) is 16.8. The minimum absolute atomic E-state index is 0.0340. The maximum absolute atomic E-state index is 14.2. The molecular weight excluding hydrogens is 586 g/mol. The highest BCUT2D eigenvalue weighted by Gasteiger charge is 2.60. The lowest BCUT2D eigenvalue weighted by molar-refractivity contribution is -0.313. The summed E-state index contributed by atoms with van der Waals surface area (Å²) in [5.74, 6) is -2.15. The molecule has 0 aromatic rings. The zero-order valence-electron chi connectivity index (χ0n) is 28.7. The van der Waals surface area contributed by atoms with Crippen LogP contribution in [0.5, 0.6) is 0 Å². The second-order valence-corrected chi connectivity index (χ2v) is 14.5. The van der Waals surface area contributed by atoms with Crippen molar-refractivity contribution in [2.45, 2.75) is 122 Å². The highest BCUT2D eigenvalue weighted by molar-refractivity contribution is 5.88. The molecule has 46 heavy (non-hydrogen) atoms. The minimum Gasteiger partial charge on any atom is -0.462 e. The number of hydrogen-bond acceptors (Lipinski definition) is 9. The molecule has 5 rings (SSSR count). The third kappa shape index (κ3) is 6.99. The van der Waals surface area contributed by atoms with Gasteiger partial charge in [0.05, 0.1) is 24.5 Å². The fourth-order valence-electron chi connectivity index (χ4n) is 7.94. The van der Waals surface area contributed by atoms with Crippen molar-refractivity contribution in [1.82, 2.24) is 0 Å². The highest BCUT2D eigenvalue weighted by atomic mass is 16.7. The molecule has 4 heterocycles. The van der Waals surface area contributed by atoms with Crippen LogP contribution in [-0.2, 0) is 28.6 Å². The molecule has 2 bridgehead atoms. The number of hydrogen-bond donors (Lipinski definition) is 2. The molecule has 10 atom stereocenters. The molecule has 0 unspecified atom stereocenters. The predicted octanol–water partition coefficient (Wildman–Crippen LogP) is 5.73. The second kappa shape index (κ2) is 13.9. The van der Waals surface area contributed by atoms with Gasteiger partial charge in [-0.3, -0.25) is 4.79 Å². The van der Waals surface area contributed by atoms with Crippen LogP contribution in [0.15, 0.2) is 63.9 Å². The number of aliphatic hydroxyl groups is 2. The third-order valence-electron chi connectivity index (χ3n) is 10.1. The van der Waals surface area contributed by atoms with Gasteiger partial charge in [-0.25, -0.2) is 0 Å². The number of ether oxygens (including phenoxy) is 4. The van der Waals surface area contributed by atoms with E-state index in [4.69, 9.17) is 23.8 Å². The molecule has 9 nitrogen and oxygen atoms in total. The van der Waals surface area contributed by atoms with E-state index in [0.717, 1.165) is 17.7 Å². The molecule has 0 radical (unpaired) electrons. The van der Waals surface area contributed by atoms with Crippen molar-refractivity contribution in [3.8, 4) is 0 Å². The summed E-state index contributed by atoms with van der Waals surface area (Å²) in [4.78, 5) is 19.4. The summed E-state index contributed by atoms with van der Waals surface area (Å²) in [7, 11) is 1.55. The Bertz CT molecular complexity index is 1340. The Morgan fingerprint density at radius 1 is 1.20 bits per heavy atom. The number of nitrogens with zero attached hydrogens (tertiary/aromatic N) is 1. The Labute approximate surface area is 274 Å². The largest absolute Gasteiger partial charge is 0.462 e. The van der Waals surface area contributed by atoms with E-state index in [-0.39, 0.29) is 30.7 Å². The molecule has 1 spiro atoms. The van der Waals surface area contributed by atoms with Crippen LogP contribution >= 0.6 is 0 Å². The Balaban J connectivity index is 1.55. The number of esters is 1. The van der Waals surface area contributed by atoms with Gasteiger partial charge < -0.3 is 34.0 Å². The molecule has 9 heteroatoms. The van der Waals surface area contributed by atoms with Crippen molar-refractivity contribution >= 4 is 11.7 Å². The first kappa shape index (κ1) is 34.8. The van der Waals surface area contributed by atoms with Crippen LogP contribution in [-0.4, -0.2) is 77.5 Å². The van der Waals surface area contributed by atoms with Crippen LogP contribution in [0.25, 0.3) is 0 Å². The van der Waals surface area contributed by atoms with Crippen LogP contribution in [0, 0.1) is 23.7 Å². The molecule has 0 saturated carbocycles. The van der Waals surface area contributed by atoms with E-state index >= 15 is 0 Å². The maximum atomic E-state index is 14.2. The van der Waals surface area contributed by atoms with Crippen LogP contribution in [0.1, 0.15) is 80.6 Å². The summed E-state index contributed by atoms with van der Waals surface area (Å²) in [5, 5.41) is 27.6. The zero-order valence-corrected chi connectivity index (χ0v) is 28.7. The smallest absolute Gasteiger partial charge is 0.316 e. The topological polar surface area (TPSA) is 116 Å². The Morgan fingerprint density at radius 3 is 2.67 bits per heavy atom. The number of rotatable bonds is 3. The Kier molecular flexibility index (Phi) is 10.5. The number of allylic oxidation sites excluding steroid dienone is 5. The molecule has 1 aliphatic carbocycles. The number of oxime groups is 1. The Morgan fingerprint density at radius 2 is 1.96 bits per heavy atom. The van der Waals surface area contributed by atoms with Gasteiger partial charge in [-0.15, -0.1) is 0 Å². The van der Waals surface area contributed by atoms with Gasteiger partial charge in [0.1, 0.15) is 36.9 Å². The molecule has 0 amide bonds. The monoisotopic (exact) mass is 639 g/mol. The number of carbonyl (C=O) groups is 1. The normalized spacial score (nSPS) is 44.5. The maximum Gasteiger partial charge on any atom is 0.316 e. The molecule has 2 N–H and O–H groups in total. The molecule has 3 fully saturated rings. The average molecular weight is 640 g/mol. The summed E-state index contributed by atoms with van der Waals surface area (Å²) in [5.41, 5.74) is 2.54. The quantitative estimate of drug-likeness (QED) is 0.229. The fraction of sp³-hybridized carbons (Fsp3) is 0.676. The van der Waals surface area contributed by atoms with E-state index in [0.29, 0.717) is 42.7 Å². The zero-order chi connectivity index (χ0) is 33.4.